The summed E-state index contributed by atoms with van der Waals surface area (Å²) in [6, 6.07) is 3.89. The van der Waals surface area contributed by atoms with Gasteiger partial charge >= 0.3 is 0 Å². The number of halogens is 3. The lowest BCUT2D eigenvalue weighted by Gasteiger charge is -2.10. The highest BCUT2D eigenvalue weighted by molar-refractivity contribution is 9.10. The van der Waals surface area contributed by atoms with Crippen molar-refractivity contribution >= 4 is 54.9 Å². The van der Waals surface area contributed by atoms with Crippen LogP contribution in [0.15, 0.2) is 28.1 Å². The van der Waals surface area contributed by atoms with Crippen molar-refractivity contribution in [3.05, 3.63) is 39.7 Å². The number of anilines is 3. The summed E-state index contributed by atoms with van der Waals surface area (Å²) in [5.41, 5.74) is 2.32. The second-order valence-electron chi connectivity index (χ2n) is 4.05. The molecule has 0 saturated carbocycles. The number of rotatable bonds is 3. The molecule has 21 heavy (non-hydrogen) atoms. The molecule has 0 fully saturated rings. The van der Waals surface area contributed by atoms with Crippen LogP contribution in [0.1, 0.15) is 0 Å². The maximum atomic E-state index is 13.9. The van der Waals surface area contributed by atoms with E-state index >= 15 is 0 Å². The summed E-state index contributed by atoms with van der Waals surface area (Å²) < 4.78 is 27.5. The standard InChI is InChI=1S/C12H8BrF2N5S/c13-6-3-8(15)9(4-7(6)14)17-10-5-1-2-21-11(5)19-12(18-10)20-16/h1-4H,16H2,(H2,17,18,19,20). The van der Waals surface area contributed by atoms with Gasteiger partial charge in [-0.1, -0.05) is 0 Å². The molecule has 1 aromatic carbocycles. The molecule has 0 amide bonds. The summed E-state index contributed by atoms with van der Waals surface area (Å²) in [6.45, 7) is 0. The van der Waals surface area contributed by atoms with Crippen LogP contribution in [-0.4, -0.2) is 9.97 Å². The Morgan fingerprint density at radius 1 is 1.19 bits per heavy atom. The molecule has 0 atom stereocenters. The van der Waals surface area contributed by atoms with Crippen LogP contribution >= 0.6 is 27.3 Å². The first-order valence-electron chi connectivity index (χ1n) is 5.72. The Morgan fingerprint density at radius 3 is 2.76 bits per heavy atom. The molecular weight excluding hydrogens is 364 g/mol. The average Bonchev–Trinajstić information content (AvgIpc) is 2.93. The second-order valence-corrected chi connectivity index (χ2v) is 5.80. The topological polar surface area (TPSA) is 75.9 Å². The summed E-state index contributed by atoms with van der Waals surface area (Å²) in [5.74, 6) is 4.65. The molecule has 2 aromatic heterocycles. The van der Waals surface area contributed by atoms with E-state index < -0.39 is 11.6 Å². The van der Waals surface area contributed by atoms with Crippen LogP contribution in [0.5, 0.6) is 0 Å². The van der Waals surface area contributed by atoms with E-state index in [0.29, 0.717) is 16.0 Å². The summed E-state index contributed by atoms with van der Waals surface area (Å²) >= 11 is 4.32. The minimum absolute atomic E-state index is 0.0233. The third-order valence-electron chi connectivity index (χ3n) is 2.72. The monoisotopic (exact) mass is 371 g/mol. The largest absolute Gasteiger partial charge is 0.337 e. The molecule has 0 aliphatic rings. The summed E-state index contributed by atoms with van der Waals surface area (Å²) in [4.78, 5) is 8.97. The first-order valence-corrected chi connectivity index (χ1v) is 7.39. The minimum atomic E-state index is -0.604. The minimum Gasteiger partial charge on any atom is -0.337 e. The van der Waals surface area contributed by atoms with Gasteiger partial charge in [0.15, 0.2) is 0 Å². The highest BCUT2D eigenvalue weighted by Crippen LogP contribution is 2.31. The lowest BCUT2D eigenvalue weighted by molar-refractivity contribution is 0.598. The number of aromatic nitrogens is 2. The molecular formula is C12H8BrF2N5S. The van der Waals surface area contributed by atoms with Crippen molar-refractivity contribution in [3.63, 3.8) is 0 Å². The molecule has 4 N–H and O–H groups in total. The van der Waals surface area contributed by atoms with Gasteiger partial charge in [0.25, 0.3) is 0 Å². The lowest BCUT2D eigenvalue weighted by atomic mass is 10.3. The predicted molar refractivity (Wildman–Crippen MR) is 82.6 cm³/mol. The maximum absolute atomic E-state index is 13.9. The Balaban J connectivity index is 2.09. The number of hydrogen-bond acceptors (Lipinski definition) is 6. The third-order valence-corrected chi connectivity index (χ3v) is 4.13. The molecule has 0 bridgehead atoms. The number of fused-ring (bicyclic) bond motifs is 1. The molecule has 9 heteroatoms. The molecule has 3 aromatic rings. The van der Waals surface area contributed by atoms with Gasteiger partial charge in [-0.2, -0.15) is 4.98 Å². The number of hydrogen-bond donors (Lipinski definition) is 3. The molecule has 5 nitrogen and oxygen atoms in total. The van der Waals surface area contributed by atoms with Gasteiger partial charge in [0, 0.05) is 6.07 Å². The Kier molecular flexibility index (Phi) is 3.70. The molecule has 3 rings (SSSR count). The van der Waals surface area contributed by atoms with E-state index in [4.69, 9.17) is 5.84 Å². The van der Waals surface area contributed by atoms with E-state index in [1.54, 1.807) is 6.07 Å². The van der Waals surface area contributed by atoms with Gasteiger partial charge in [-0.3, -0.25) is 5.43 Å². The SMILES string of the molecule is NNc1nc(Nc2cc(F)c(Br)cc2F)c2ccsc2n1. The number of thiophene rings is 1. The molecule has 0 aliphatic heterocycles. The molecule has 0 unspecified atom stereocenters. The van der Waals surface area contributed by atoms with Crippen molar-refractivity contribution in [2.75, 3.05) is 10.7 Å². The Bertz CT molecular complexity index is 823. The predicted octanol–water partition coefficient (Wildman–Crippen LogP) is 3.76. The quantitative estimate of drug-likeness (QED) is 0.371. The number of benzene rings is 1. The van der Waals surface area contributed by atoms with Crippen molar-refractivity contribution in [3.8, 4) is 0 Å². The second kappa shape index (κ2) is 5.51. The van der Waals surface area contributed by atoms with E-state index in [-0.39, 0.29) is 16.1 Å². The van der Waals surface area contributed by atoms with Gasteiger partial charge in [0.1, 0.15) is 22.3 Å². The highest BCUT2D eigenvalue weighted by atomic mass is 79.9. The number of nitrogens with two attached hydrogens (primary N) is 1. The fourth-order valence-electron chi connectivity index (χ4n) is 1.76. The van der Waals surface area contributed by atoms with Crippen LogP contribution in [0, 0.1) is 11.6 Å². The molecule has 0 aliphatic carbocycles. The third kappa shape index (κ3) is 2.67. The number of nitrogens with one attached hydrogen (secondary N) is 2. The zero-order chi connectivity index (χ0) is 15.0. The zero-order valence-corrected chi connectivity index (χ0v) is 12.7. The van der Waals surface area contributed by atoms with Gasteiger partial charge in [-0.05, 0) is 33.4 Å². The van der Waals surface area contributed by atoms with Crippen molar-refractivity contribution < 1.29 is 8.78 Å². The van der Waals surface area contributed by atoms with Crippen molar-refractivity contribution in [2.24, 2.45) is 5.84 Å². The fourth-order valence-corrected chi connectivity index (χ4v) is 2.84. The molecule has 108 valence electrons. The fraction of sp³-hybridized carbons (Fsp3) is 0. The van der Waals surface area contributed by atoms with Gasteiger partial charge in [0.05, 0.1) is 15.5 Å². The van der Waals surface area contributed by atoms with Crippen LogP contribution in [-0.2, 0) is 0 Å². The molecule has 0 saturated heterocycles. The van der Waals surface area contributed by atoms with Gasteiger partial charge in [-0.25, -0.2) is 19.6 Å². The van der Waals surface area contributed by atoms with Crippen LogP contribution < -0.4 is 16.6 Å². The van der Waals surface area contributed by atoms with Gasteiger partial charge in [0.2, 0.25) is 5.95 Å². The normalized spacial score (nSPS) is 10.9. The van der Waals surface area contributed by atoms with E-state index in [1.165, 1.54) is 11.3 Å². The van der Waals surface area contributed by atoms with Crippen LogP contribution in [0.4, 0.5) is 26.2 Å². The lowest BCUT2D eigenvalue weighted by Crippen LogP contribution is -2.11. The van der Waals surface area contributed by atoms with Crippen LogP contribution in [0.2, 0.25) is 0 Å². The van der Waals surface area contributed by atoms with Crippen LogP contribution in [0.25, 0.3) is 10.2 Å². The van der Waals surface area contributed by atoms with E-state index in [2.05, 4.69) is 36.6 Å². The summed E-state index contributed by atoms with van der Waals surface area (Å²) in [6.07, 6.45) is 0. The summed E-state index contributed by atoms with van der Waals surface area (Å²) in [5, 5.41) is 5.29. The van der Waals surface area contributed by atoms with Crippen LogP contribution in [0.3, 0.4) is 0 Å². The Labute approximate surface area is 130 Å². The maximum Gasteiger partial charge on any atom is 0.240 e. The van der Waals surface area contributed by atoms with Gasteiger partial charge < -0.3 is 5.32 Å². The van der Waals surface area contributed by atoms with E-state index in [0.717, 1.165) is 12.1 Å². The van der Waals surface area contributed by atoms with Crippen molar-refractivity contribution in [1.82, 2.24) is 9.97 Å². The number of nitrogen functional groups attached to an aromatic ring is 1. The number of nitrogens with zero attached hydrogens (tertiary/aromatic N) is 2. The smallest absolute Gasteiger partial charge is 0.240 e. The number of hydrazine groups is 1. The first-order chi connectivity index (χ1) is 10.1. The van der Waals surface area contributed by atoms with Crippen molar-refractivity contribution in [1.29, 1.82) is 0 Å². The molecule has 0 spiro atoms. The Hall–Kier alpha value is -1.84. The summed E-state index contributed by atoms with van der Waals surface area (Å²) in [7, 11) is 0. The highest BCUT2D eigenvalue weighted by Gasteiger charge is 2.13. The molecule has 0 radical (unpaired) electrons. The molecule has 2 heterocycles. The Morgan fingerprint density at radius 2 is 2.00 bits per heavy atom. The first kappa shape index (κ1) is 14.1. The van der Waals surface area contributed by atoms with E-state index in [1.807, 2.05) is 5.38 Å². The van der Waals surface area contributed by atoms with Gasteiger partial charge in [-0.15, -0.1) is 11.3 Å². The van der Waals surface area contributed by atoms with Crippen molar-refractivity contribution in [2.45, 2.75) is 0 Å². The zero-order valence-electron chi connectivity index (χ0n) is 10.3. The average molecular weight is 372 g/mol. The van der Waals surface area contributed by atoms with E-state index in [9.17, 15) is 8.78 Å².